The van der Waals surface area contributed by atoms with E-state index in [-0.39, 0.29) is 18.1 Å². The molecule has 1 atom stereocenters. The van der Waals surface area contributed by atoms with E-state index in [2.05, 4.69) is 0 Å². The van der Waals surface area contributed by atoms with Crippen LogP contribution in [-0.2, 0) is 4.79 Å². The van der Waals surface area contributed by atoms with E-state index in [1.807, 2.05) is 6.92 Å². The molecule has 0 N–H and O–H groups in total. The molecule has 9 nitrogen and oxygen atoms in total. The molecule has 1 aliphatic rings. The van der Waals surface area contributed by atoms with Crippen LogP contribution in [0.1, 0.15) is 42.4 Å². The molecule has 29 heavy (non-hydrogen) atoms. The van der Waals surface area contributed by atoms with Crippen LogP contribution in [0.2, 0.25) is 0 Å². The smallest absolute Gasteiger partial charge is 0.334 e. The molecule has 1 aliphatic heterocycles. The van der Waals surface area contributed by atoms with Crippen LogP contribution in [0.3, 0.4) is 0 Å². The highest BCUT2D eigenvalue weighted by atomic mass is 16.6. The van der Waals surface area contributed by atoms with Crippen molar-refractivity contribution in [3.8, 4) is 5.75 Å². The fraction of sp³-hybridized carbons (Fsp3) is 0.350. The summed E-state index contributed by atoms with van der Waals surface area (Å²) in [7, 11) is 0. The van der Waals surface area contributed by atoms with Gasteiger partial charge in [0.25, 0.3) is 5.91 Å². The minimum atomic E-state index is -0.958. The number of ether oxygens (including phenoxy) is 1. The Balaban J connectivity index is 2.02. The summed E-state index contributed by atoms with van der Waals surface area (Å²) >= 11 is 0. The molecule has 1 unspecified atom stereocenters. The van der Waals surface area contributed by atoms with Gasteiger partial charge in [-0.05, 0) is 44.5 Å². The summed E-state index contributed by atoms with van der Waals surface area (Å²) in [5.41, 5.74) is -0.197. The van der Waals surface area contributed by atoms with E-state index in [9.17, 15) is 24.5 Å². The van der Waals surface area contributed by atoms with Gasteiger partial charge in [-0.15, -0.1) is 0 Å². The molecule has 2 heterocycles. The zero-order valence-corrected chi connectivity index (χ0v) is 16.4. The lowest BCUT2D eigenvalue weighted by molar-refractivity contribution is -0.386. The van der Waals surface area contributed by atoms with Gasteiger partial charge < -0.3 is 9.64 Å². The standard InChI is InChI=1S/C20H21N3O6/c1-4-9-21-16-10-14(6-8-17(16)29-11-18(21)24)19(25)13(3)22-12(2)5-7-15(20(22)26)23(27)28/h5-8,10,13H,4,9,11H2,1-3H3. The van der Waals surface area contributed by atoms with E-state index in [1.54, 1.807) is 30.0 Å². The van der Waals surface area contributed by atoms with Gasteiger partial charge in [0.05, 0.1) is 16.7 Å². The first-order chi connectivity index (χ1) is 13.8. The molecule has 0 spiro atoms. The number of hydrogen-bond acceptors (Lipinski definition) is 6. The van der Waals surface area contributed by atoms with Gasteiger partial charge in [-0.3, -0.25) is 29.1 Å². The van der Waals surface area contributed by atoms with Crippen LogP contribution in [0, 0.1) is 17.0 Å². The maximum absolute atomic E-state index is 13.1. The van der Waals surface area contributed by atoms with Crippen LogP contribution in [0.5, 0.6) is 5.75 Å². The lowest BCUT2D eigenvalue weighted by Gasteiger charge is -2.29. The van der Waals surface area contributed by atoms with Gasteiger partial charge in [0, 0.05) is 23.9 Å². The van der Waals surface area contributed by atoms with Crippen LogP contribution in [0.4, 0.5) is 11.4 Å². The molecule has 0 bridgehead atoms. The fourth-order valence-corrected chi connectivity index (χ4v) is 3.44. The number of Topliss-reactive ketones (excluding diaryl/α,β-unsaturated/α-hetero) is 1. The first-order valence-corrected chi connectivity index (χ1v) is 9.24. The van der Waals surface area contributed by atoms with Crippen molar-refractivity contribution in [1.82, 2.24) is 4.57 Å². The number of fused-ring (bicyclic) bond motifs is 1. The van der Waals surface area contributed by atoms with E-state index in [0.717, 1.165) is 17.1 Å². The number of nitro groups is 1. The van der Waals surface area contributed by atoms with Crippen molar-refractivity contribution in [2.45, 2.75) is 33.2 Å². The van der Waals surface area contributed by atoms with Crippen molar-refractivity contribution in [2.75, 3.05) is 18.1 Å². The Morgan fingerprint density at radius 3 is 2.66 bits per heavy atom. The van der Waals surface area contributed by atoms with Crippen LogP contribution in [0.15, 0.2) is 35.1 Å². The highest BCUT2D eigenvalue weighted by Crippen LogP contribution is 2.34. The fourth-order valence-electron chi connectivity index (χ4n) is 3.44. The number of aromatic nitrogens is 1. The Hall–Kier alpha value is -3.49. The lowest BCUT2D eigenvalue weighted by atomic mass is 10.0. The second-order valence-corrected chi connectivity index (χ2v) is 6.85. The highest BCUT2D eigenvalue weighted by Gasteiger charge is 2.28. The average Bonchev–Trinajstić information content (AvgIpc) is 2.69. The van der Waals surface area contributed by atoms with Crippen LogP contribution in [0.25, 0.3) is 0 Å². The van der Waals surface area contributed by atoms with Gasteiger partial charge >= 0.3 is 11.2 Å². The predicted octanol–water partition coefficient (Wildman–Crippen LogP) is 2.64. The molecule has 0 radical (unpaired) electrons. The van der Waals surface area contributed by atoms with Crippen molar-refractivity contribution in [2.24, 2.45) is 0 Å². The van der Waals surface area contributed by atoms with Gasteiger partial charge in [-0.1, -0.05) is 6.92 Å². The number of anilines is 1. The largest absolute Gasteiger partial charge is 0.482 e. The Labute approximate surface area is 166 Å². The van der Waals surface area contributed by atoms with Crippen molar-refractivity contribution >= 4 is 23.1 Å². The molecule has 0 saturated carbocycles. The Bertz CT molecular complexity index is 1060. The number of amides is 1. The summed E-state index contributed by atoms with van der Waals surface area (Å²) in [4.78, 5) is 49.7. The van der Waals surface area contributed by atoms with Crippen molar-refractivity contribution in [3.63, 3.8) is 0 Å². The third-order valence-electron chi connectivity index (χ3n) is 4.90. The van der Waals surface area contributed by atoms with Gasteiger partial charge in [-0.25, -0.2) is 0 Å². The maximum atomic E-state index is 13.1. The lowest BCUT2D eigenvalue weighted by Crippen LogP contribution is -2.39. The molecule has 0 saturated heterocycles. The second-order valence-electron chi connectivity index (χ2n) is 6.85. The summed E-state index contributed by atoms with van der Waals surface area (Å²) in [6.07, 6.45) is 0.738. The molecule has 2 aromatic rings. The molecule has 1 amide bonds. The molecule has 0 aliphatic carbocycles. The molecule has 1 aromatic carbocycles. The molecular formula is C20H21N3O6. The summed E-state index contributed by atoms with van der Waals surface area (Å²) < 4.78 is 6.56. The number of ketones is 1. The summed E-state index contributed by atoms with van der Waals surface area (Å²) in [5.74, 6) is -0.0818. The van der Waals surface area contributed by atoms with Crippen LogP contribution in [-0.4, -0.2) is 34.3 Å². The van der Waals surface area contributed by atoms with E-state index in [0.29, 0.717) is 23.7 Å². The number of nitrogens with zero attached hydrogens (tertiary/aromatic N) is 3. The Morgan fingerprint density at radius 1 is 1.28 bits per heavy atom. The first-order valence-electron chi connectivity index (χ1n) is 9.24. The molecular weight excluding hydrogens is 378 g/mol. The zero-order chi connectivity index (χ0) is 21.3. The van der Waals surface area contributed by atoms with Gasteiger partial charge in [0.2, 0.25) is 0 Å². The quantitative estimate of drug-likeness (QED) is 0.419. The van der Waals surface area contributed by atoms with Gasteiger partial charge in [0.15, 0.2) is 12.4 Å². The number of pyridine rings is 1. The van der Waals surface area contributed by atoms with Gasteiger partial charge in [-0.2, -0.15) is 0 Å². The third kappa shape index (κ3) is 3.63. The third-order valence-corrected chi connectivity index (χ3v) is 4.90. The van der Waals surface area contributed by atoms with Crippen molar-refractivity contribution in [3.05, 3.63) is 62.1 Å². The maximum Gasteiger partial charge on any atom is 0.334 e. The topological polar surface area (TPSA) is 112 Å². The van der Waals surface area contributed by atoms with Crippen LogP contribution < -0.4 is 15.2 Å². The summed E-state index contributed by atoms with van der Waals surface area (Å²) in [6, 6.07) is 6.36. The number of rotatable bonds is 6. The molecule has 152 valence electrons. The zero-order valence-electron chi connectivity index (χ0n) is 16.4. The molecule has 1 aromatic heterocycles. The van der Waals surface area contributed by atoms with Crippen LogP contribution >= 0.6 is 0 Å². The summed E-state index contributed by atoms with van der Waals surface area (Å²) in [5, 5.41) is 11.1. The first kappa shape index (κ1) is 20.2. The van der Waals surface area contributed by atoms with Crippen molar-refractivity contribution < 1.29 is 19.2 Å². The van der Waals surface area contributed by atoms with E-state index >= 15 is 0 Å². The van der Waals surface area contributed by atoms with Gasteiger partial charge in [0.1, 0.15) is 5.75 Å². The number of hydrogen-bond donors (Lipinski definition) is 0. The Morgan fingerprint density at radius 2 is 2.00 bits per heavy atom. The average molecular weight is 399 g/mol. The molecule has 0 fully saturated rings. The van der Waals surface area contributed by atoms with E-state index in [4.69, 9.17) is 4.74 Å². The molecule has 9 heteroatoms. The normalized spacial score (nSPS) is 14.2. The number of benzene rings is 1. The number of aryl methyl sites for hydroxylation is 1. The highest BCUT2D eigenvalue weighted by molar-refractivity contribution is 6.03. The monoisotopic (exact) mass is 399 g/mol. The van der Waals surface area contributed by atoms with E-state index in [1.165, 1.54) is 13.0 Å². The second kappa shape index (κ2) is 7.86. The number of carbonyl (C=O) groups excluding carboxylic acids is 2. The van der Waals surface area contributed by atoms with E-state index < -0.39 is 28.0 Å². The summed E-state index contributed by atoms with van der Waals surface area (Å²) in [6.45, 7) is 5.50. The van der Waals surface area contributed by atoms with Crippen molar-refractivity contribution in [1.29, 1.82) is 0 Å². The minimum absolute atomic E-state index is 0.0566. The predicted molar refractivity (Wildman–Crippen MR) is 106 cm³/mol. The number of carbonyl (C=O) groups is 2. The Kier molecular flexibility index (Phi) is 5.49. The SMILES string of the molecule is CCCN1C(=O)COc2ccc(C(=O)C(C)n3c(C)ccc([N+](=O)[O-])c3=O)cc21. The minimum Gasteiger partial charge on any atom is -0.482 e. The molecule has 3 rings (SSSR count).